The number of alkyl halides is 2. The van der Waals surface area contributed by atoms with Crippen molar-refractivity contribution < 1.29 is 46.7 Å². The maximum atomic E-state index is 14.0. The molecule has 0 amide bonds. The van der Waals surface area contributed by atoms with Crippen LogP contribution in [0.2, 0.25) is 0 Å². The minimum atomic E-state index is -2.61. The van der Waals surface area contributed by atoms with Crippen LogP contribution in [0.15, 0.2) is 48.5 Å². The van der Waals surface area contributed by atoms with Crippen LogP contribution in [0.25, 0.3) is 11.1 Å². The standard InChI is InChI=1S/C16H22F2.C15H12F4O2.H2O2/c1-12-3-7-14(8-4-12)15-9-5-13(6-10-15)11-16(2,17)18;1-2-7-21-11-6-4-9(13(17)15(11)19)8-3-5-10(20)14(18)12(8)16;1-2/h5-6,9-10,12,14H,3-4,7-8,11H2,1-2H3;3-6,20H,2,7H2,1H3;1-2H. The number of phenolic OH excluding ortho intramolecular Hbond substituents is 1. The Labute approximate surface area is 236 Å². The number of halogens is 6. The van der Waals surface area contributed by atoms with E-state index in [-0.39, 0.29) is 18.8 Å². The van der Waals surface area contributed by atoms with Crippen molar-refractivity contribution in [2.45, 2.75) is 71.1 Å². The van der Waals surface area contributed by atoms with Crippen LogP contribution in [0, 0.1) is 29.2 Å². The lowest BCUT2D eigenvalue weighted by Crippen LogP contribution is -2.14. The Bertz CT molecular complexity index is 1240. The maximum Gasteiger partial charge on any atom is 0.249 e. The fraction of sp³-hybridized carbons (Fsp3) is 0.419. The van der Waals surface area contributed by atoms with Crippen LogP contribution in [0.1, 0.15) is 69.9 Å². The van der Waals surface area contributed by atoms with Crippen LogP contribution in [0.4, 0.5) is 26.3 Å². The Morgan fingerprint density at radius 2 is 1.32 bits per heavy atom. The fourth-order valence-electron chi connectivity index (χ4n) is 4.67. The van der Waals surface area contributed by atoms with Gasteiger partial charge in [0.05, 0.1) is 6.61 Å². The number of rotatable bonds is 7. The van der Waals surface area contributed by atoms with Crippen molar-refractivity contribution in [1.29, 1.82) is 0 Å². The molecule has 0 radical (unpaired) electrons. The van der Waals surface area contributed by atoms with E-state index in [2.05, 4.69) is 6.92 Å². The summed E-state index contributed by atoms with van der Waals surface area (Å²) in [4.78, 5) is 0. The molecule has 0 heterocycles. The van der Waals surface area contributed by atoms with Gasteiger partial charge in [-0.25, -0.2) is 17.6 Å². The molecule has 1 fully saturated rings. The lowest BCUT2D eigenvalue weighted by Gasteiger charge is -2.26. The topological polar surface area (TPSA) is 69.9 Å². The van der Waals surface area contributed by atoms with Crippen LogP contribution >= 0.6 is 0 Å². The summed E-state index contributed by atoms with van der Waals surface area (Å²) in [6.45, 7) is 5.29. The largest absolute Gasteiger partial charge is 0.505 e. The van der Waals surface area contributed by atoms with Gasteiger partial charge in [-0.05, 0) is 73.4 Å². The van der Waals surface area contributed by atoms with Gasteiger partial charge in [-0.3, -0.25) is 10.5 Å². The highest BCUT2D eigenvalue weighted by Gasteiger charge is 2.23. The predicted molar refractivity (Wildman–Crippen MR) is 146 cm³/mol. The van der Waals surface area contributed by atoms with Crippen molar-refractivity contribution in [1.82, 2.24) is 0 Å². The molecule has 0 unspecified atom stereocenters. The molecule has 3 aromatic carbocycles. The van der Waals surface area contributed by atoms with Gasteiger partial charge < -0.3 is 9.84 Å². The Hall–Kier alpha value is -3.24. The van der Waals surface area contributed by atoms with Gasteiger partial charge in [-0.2, -0.15) is 8.78 Å². The Kier molecular flexibility index (Phi) is 13.0. The summed E-state index contributed by atoms with van der Waals surface area (Å²) in [5.74, 6) is -7.90. The molecule has 0 aliphatic heterocycles. The van der Waals surface area contributed by atoms with Gasteiger partial charge in [-0.1, -0.05) is 51.0 Å². The molecule has 0 saturated heterocycles. The van der Waals surface area contributed by atoms with Crippen molar-refractivity contribution in [3.05, 3.63) is 82.9 Å². The van der Waals surface area contributed by atoms with E-state index in [0.29, 0.717) is 12.3 Å². The van der Waals surface area contributed by atoms with E-state index in [1.54, 1.807) is 6.92 Å². The molecule has 0 bridgehead atoms. The van der Waals surface area contributed by atoms with Crippen molar-refractivity contribution in [2.75, 3.05) is 6.61 Å². The average Bonchev–Trinajstić information content (AvgIpc) is 2.95. The van der Waals surface area contributed by atoms with Gasteiger partial charge in [0.25, 0.3) is 0 Å². The second-order valence-corrected chi connectivity index (χ2v) is 10.3. The highest BCUT2D eigenvalue weighted by atomic mass is 19.3. The Morgan fingerprint density at radius 3 is 1.85 bits per heavy atom. The van der Waals surface area contributed by atoms with Crippen LogP contribution in [-0.4, -0.2) is 28.2 Å². The molecule has 1 aliphatic rings. The fourth-order valence-corrected chi connectivity index (χ4v) is 4.67. The minimum Gasteiger partial charge on any atom is -0.505 e. The van der Waals surface area contributed by atoms with Gasteiger partial charge in [-0.15, -0.1) is 0 Å². The smallest absolute Gasteiger partial charge is 0.249 e. The third kappa shape index (κ3) is 9.67. The minimum absolute atomic E-state index is 0.158. The number of ether oxygens (including phenoxy) is 1. The highest BCUT2D eigenvalue weighted by molar-refractivity contribution is 5.67. The zero-order valence-corrected chi connectivity index (χ0v) is 23.2. The van der Waals surface area contributed by atoms with Crippen molar-refractivity contribution >= 4 is 0 Å². The van der Waals surface area contributed by atoms with Crippen LogP contribution in [-0.2, 0) is 6.42 Å². The molecular weight excluding hydrogens is 550 g/mol. The molecule has 41 heavy (non-hydrogen) atoms. The first-order valence-corrected chi connectivity index (χ1v) is 13.4. The van der Waals surface area contributed by atoms with E-state index >= 15 is 0 Å². The quantitative estimate of drug-likeness (QED) is 0.146. The molecule has 3 N–H and O–H groups in total. The SMILES string of the molecule is CC1CCC(c2ccc(CC(C)(F)F)cc2)CC1.CCCOc1ccc(-c2ccc(O)c(F)c2F)c(F)c1F.OO. The monoisotopic (exact) mass is 586 g/mol. The van der Waals surface area contributed by atoms with Gasteiger partial charge >= 0.3 is 0 Å². The average molecular weight is 587 g/mol. The van der Waals surface area contributed by atoms with Crippen LogP contribution in [0.3, 0.4) is 0 Å². The van der Waals surface area contributed by atoms with E-state index in [0.717, 1.165) is 42.7 Å². The normalized spacial score (nSPS) is 16.7. The molecule has 10 heteroatoms. The van der Waals surface area contributed by atoms with E-state index in [1.807, 2.05) is 24.3 Å². The highest BCUT2D eigenvalue weighted by Crippen LogP contribution is 2.36. The van der Waals surface area contributed by atoms with E-state index in [4.69, 9.17) is 20.4 Å². The first-order chi connectivity index (χ1) is 19.4. The molecule has 226 valence electrons. The summed E-state index contributed by atoms with van der Waals surface area (Å²) in [7, 11) is 0. The molecule has 1 aliphatic carbocycles. The summed E-state index contributed by atoms with van der Waals surface area (Å²) in [5.41, 5.74) is 1.12. The molecule has 4 rings (SSSR count). The number of aromatic hydroxyl groups is 1. The third-order valence-electron chi connectivity index (χ3n) is 6.84. The zero-order valence-electron chi connectivity index (χ0n) is 23.2. The molecular formula is C31H36F6O4. The van der Waals surface area contributed by atoms with Crippen molar-refractivity contribution in [3.63, 3.8) is 0 Å². The van der Waals surface area contributed by atoms with E-state index in [9.17, 15) is 26.3 Å². The van der Waals surface area contributed by atoms with E-state index in [1.165, 1.54) is 31.2 Å². The molecule has 4 nitrogen and oxygen atoms in total. The van der Waals surface area contributed by atoms with Crippen LogP contribution in [0.5, 0.6) is 11.5 Å². The van der Waals surface area contributed by atoms with Crippen molar-refractivity contribution in [3.8, 4) is 22.6 Å². The van der Waals surface area contributed by atoms with Gasteiger partial charge in [0, 0.05) is 17.5 Å². The van der Waals surface area contributed by atoms with E-state index < -0.39 is 46.1 Å². The maximum absolute atomic E-state index is 14.0. The first kappa shape index (κ1) is 34.0. The number of benzene rings is 3. The summed E-state index contributed by atoms with van der Waals surface area (Å²) >= 11 is 0. The summed E-state index contributed by atoms with van der Waals surface area (Å²) in [6.07, 6.45) is 5.52. The number of phenols is 1. The molecule has 3 aromatic rings. The van der Waals surface area contributed by atoms with Gasteiger partial charge in [0.15, 0.2) is 23.1 Å². The van der Waals surface area contributed by atoms with Crippen molar-refractivity contribution in [2.24, 2.45) is 5.92 Å². The zero-order chi connectivity index (χ0) is 30.7. The summed E-state index contributed by atoms with van der Waals surface area (Å²) in [5, 5.41) is 21.0. The lowest BCUT2D eigenvalue weighted by atomic mass is 9.79. The summed E-state index contributed by atoms with van der Waals surface area (Å²) < 4.78 is 85.6. The van der Waals surface area contributed by atoms with Crippen LogP contribution < -0.4 is 4.74 Å². The third-order valence-corrected chi connectivity index (χ3v) is 6.84. The summed E-state index contributed by atoms with van der Waals surface area (Å²) in [6, 6.07) is 11.9. The molecule has 0 aromatic heterocycles. The molecule has 0 atom stereocenters. The first-order valence-electron chi connectivity index (χ1n) is 13.4. The molecule has 1 saturated carbocycles. The number of hydrogen-bond acceptors (Lipinski definition) is 4. The second-order valence-electron chi connectivity index (χ2n) is 10.3. The number of hydrogen-bond donors (Lipinski definition) is 3. The van der Waals surface area contributed by atoms with Gasteiger partial charge in [0.2, 0.25) is 17.6 Å². The second kappa shape index (κ2) is 15.7. The Balaban J connectivity index is 0.000000273. The molecule has 0 spiro atoms. The van der Waals surface area contributed by atoms with Gasteiger partial charge in [0.1, 0.15) is 0 Å². The lowest BCUT2D eigenvalue weighted by molar-refractivity contribution is -0.176. The predicted octanol–water partition coefficient (Wildman–Crippen LogP) is 9.60. The Morgan fingerprint density at radius 1 is 0.780 bits per heavy atom.